The van der Waals surface area contributed by atoms with Gasteiger partial charge in [0.15, 0.2) is 0 Å². The van der Waals surface area contributed by atoms with Gasteiger partial charge in [-0.3, -0.25) is 0 Å². The fourth-order valence-corrected chi connectivity index (χ4v) is 3.51. The van der Waals surface area contributed by atoms with Gasteiger partial charge in [0.05, 0.1) is 18.8 Å². The van der Waals surface area contributed by atoms with Crippen molar-refractivity contribution in [3.05, 3.63) is 12.3 Å². The molecule has 0 unspecified atom stereocenters. The van der Waals surface area contributed by atoms with Gasteiger partial charge in [0, 0.05) is 32.3 Å². The van der Waals surface area contributed by atoms with Gasteiger partial charge in [0.25, 0.3) is 0 Å². The average molecular weight is 320 g/mol. The highest BCUT2D eigenvalue weighted by Gasteiger charge is 2.25. The molecule has 6 nitrogen and oxygen atoms in total. The van der Waals surface area contributed by atoms with Gasteiger partial charge >= 0.3 is 0 Å². The number of anilines is 2. The maximum atomic E-state index is 10.1. The van der Waals surface area contributed by atoms with Gasteiger partial charge in [-0.05, 0) is 31.7 Å². The second-order valence-corrected chi connectivity index (χ2v) is 6.79. The lowest BCUT2D eigenvalue weighted by molar-refractivity contribution is 0.0735. The van der Waals surface area contributed by atoms with E-state index in [0.29, 0.717) is 17.9 Å². The van der Waals surface area contributed by atoms with Crippen LogP contribution in [0, 0.1) is 5.92 Å². The van der Waals surface area contributed by atoms with E-state index in [9.17, 15) is 5.11 Å². The minimum atomic E-state index is -0.188. The van der Waals surface area contributed by atoms with E-state index in [1.807, 2.05) is 13.1 Å². The van der Waals surface area contributed by atoms with Crippen molar-refractivity contribution in [3.63, 3.8) is 0 Å². The third-order valence-electron chi connectivity index (χ3n) is 4.87. The van der Waals surface area contributed by atoms with Crippen LogP contribution >= 0.6 is 0 Å². The highest BCUT2D eigenvalue weighted by molar-refractivity contribution is 5.41. The highest BCUT2D eigenvalue weighted by Crippen LogP contribution is 2.26. The maximum absolute atomic E-state index is 10.1. The molecule has 6 heteroatoms. The summed E-state index contributed by atoms with van der Waals surface area (Å²) in [6.07, 6.45) is 8.17. The first-order chi connectivity index (χ1) is 11.2. The fraction of sp³-hybridized carbons (Fsp3) is 0.765. The molecule has 3 atom stereocenters. The van der Waals surface area contributed by atoms with Crippen LogP contribution in [-0.2, 0) is 4.74 Å². The van der Waals surface area contributed by atoms with E-state index in [0.717, 1.165) is 57.7 Å². The quantitative estimate of drug-likeness (QED) is 0.865. The van der Waals surface area contributed by atoms with Crippen molar-refractivity contribution < 1.29 is 9.84 Å². The number of aliphatic hydroxyl groups excluding tert-OH is 1. The molecule has 1 saturated carbocycles. The molecule has 2 heterocycles. The monoisotopic (exact) mass is 320 g/mol. The van der Waals surface area contributed by atoms with E-state index >= 15 is 0 Å². The lowest BCUT2D eigenvalue weighted by Crippen LogP contribution is -2.36. The summed E-state index contributed by atoms with van der Waals surface area (Å²) in [5.74, 6) is 1.88. The van der Waals surface area contributed by atoms with Gasteiger partial charge in [-0.1, -0.05) is 12.8 Å². The van der Waals surface area contributed by atoms with Crippen LogP contribution in [0.4, 0.5) is 11.8 Å². The minimum absolute atomic E-state index is 0.188. The summed E-state index contributed by atoms with van der Waals surface area (Å²) in [6.45, 7) is 2.40. The van der Waals surface area contributed by atoms with Crippen molar-refractivity contribution in [1.82, 2.24) is 9.97 Å². The Morgan fingerprint density at radius 2 is 2.17 bits per heavy atom. The van der Waals surface area contributed by atoms with Crippen molar-refractivity contribution in [1.29, 1.82) is 0 Å². The van der Waals surface area contributed by atoms with E-state index in [1.54, 1.807) is 6.20 Å². The molecular weight excluding hydrogens is 292 g/mol. The van der Waals surface area contributed by atoms with Crippen LogP contribution < -0.4 is 10.2 Å². The molecule has 3 rings (SSSR count). The van der Waals surface area contributed by atoms with Crippen LogP contribution in [-0.4, -0.2) is 54.0 Å². The zero-order valence-electron chi connectivity index (χ0n) is 13.9. The van der Waals surface area contributed by atoms with E-state index in [2.05, 4.69) is 20.2 Å². The molecule has 0 spiro atoms. The summed E-state index contributed by atoms with van der Waals surface area (Å²) in [5, 5.41) is 13.6. The van der Waals surface area contributed by atoms with Crippen molar-refractivity contribution >= 4 is 11.8 Å². The van der Waals surface area contributed by atoms with Gasteiger partial charge in [0.2, 0.25) is 5.95 Å². The molecule has 2 aliphatic rings. The Morgan fingerprint density at radius 3 is 2.96 bits per heavy atom. The molecular formula is C17H28N4O2. The number of hydrogen-bond acceptors (Lipinski definition) is 6. The van der Waals surface area contributed by atoms with Gasteiger partial charge < -0.3 is 20.1 Å². The molecule has 1 aromatic rings. The number of hydrogen-bond donors (Lipinski definition) is 2. The van der Waals surface area contributed by atoms with Gasteiger partial charge in [0.1, 0.15) is 5.82 Å². The van der Waals surface area contributed by atoms with Crippen LogP contribution in [0.25, 0.3) is 0 Å². The molecule has 2 N–H and O–H groups in total. The molecule has 0 bridgehead atoms. The molecule has 1 aliphatic carbocycles. The Morgan fingerprint density at radius 1 is 1.30 bits per heavy atom. The predicted octanol–water partition coefficient (Wildman–Crippen LogP) is 2.05. The number of ether oxygens (including phenoxy) is 1. The topological polar surface area (TPSA) is 70.5 Å². The van der Waals surface area contributed by atoms with Crippen molar-refractivity contribution in [2.24, 2.45) is 5.92 Å². The Kier molecular flexibility index (Phi) is 5.67. The van der Waals surface area contributed by atoms with Crippen LogP contribution in [0.15, 0.2) is 12.3 Å². The first kappa shape index (κ1) is 16.5. The smallest absolute Gasteiger partial charge is 0.226 e. The lowest BCUT2D eigenvalue weighted by atomic mass is 9.86. The van der Waals surface area contributed by atoms with E-state index in [4.69, 9.17) is 4.74 Å². The third kappa shape index (κ3) is 4.54. The number of nitrogens with one attached hydrogen (secondary N) is 1. The van der Waals surface area contributed by atoms with E-state index in [1.165, 1.54) is 6.42 Å². The molecule has 0 amide bonds. The number of aromatic nitrogens is 2. The summed E-state index contributed by atoms with van der Waals surface area (Å²) in [6, 6.07) is 2.23. The van der Waals surface area contributed by atoms with Gasteiger partial charge in [-0.2, -0.15) is 4.98 Å². The molecule has 1 saturated heterocycles. The summed E-state index contributed by atoms with van der Waals surface area (Å²) in [5.41, 5.74) is 0. The molecule has 0 radical (unpaired) electrons. The zero-order valence-corrected chi connectivity index (χ0v) is 13.9. The third-order valence-corrected chi connectivity index (χ3v) is 4.87. The first-order valence-electron chi connectivity index (χ1n) is 8.79. The standard InChI is InChI=1S/C17H28N4O2/c1-21(11-13-5-2-3-7-15(13)22)17-18-9-8-16(20-17)19-14-6-4-10-23-12-14/h8-9,13-15,22H,2-7,10-12H2,1H3,(H,18,19,20)/t13-,14-,15-/m0/s1. The van der Waals surface area contributed by atoms with Crippen molar-refractivity contribution in [2.45, 2.75) is 50.7 Å². The van der Waals surface area contributed by atoms with Crippen LogP contribution in [0.5, 0.6) is 0 Å². The van der Waals surface area contributed by atoms with Crippen LogP contribution in [0.2, 0.25) is 0 Å². The Hall–Kier alpha value is -1.40. The second-order valence-electron chi connectivity index (χ2n) is 6.79. The molecule has 23 heavy (non-hydrogen) atoms. The minimum Gasteiger partial charge on any atom is -0.393 e. The number of rotatable bonds is 5. The molecule has 1 aromatic heterocycles. The summed E-state index contributed by atoms with van der Waals surface area (Å²) < 4.78 is 5.50. The molecule has 2 fully saturated rings. The normalized spacial score (nSPS) is 28.3. The van der Waals surface area contributed by atoms with Crippen molar-refractivity contribution in [2.75, 3.05) is 37.0 Å². The average Bonchev–Trinajstić information content (AvgIpc) is 2.58. The van der Waals surface area contributed by atoms with Crippen molar-refractivity contribution in [3.8, 4) is 0 Å². The Labute approximate surface area is 138 Å². The van der Waals surface area contributed by atoms with Gasteiger partial charge in [-0.15, -0.1) is 0 Å². The van der Waals surface area contributed by atoms with E-state index < -0.39 is 0 Å². The second kappa shape index (κ2) is 7.93. The van der Waals surface area contributed by atoms with Gasteiger partial charge in [-0.25, -0.2) is 4.98 Å². The molecule has 128 valence electrons. The Bertz CT molecular complexity index is 493. The predicted molar refractivity (Wildman–Crippen MR) is 90.7 cm³/mol. The lowest BCUT2D eigenvalue weighted by Gasteiger charge is -2.31. The zero-order chi connectivity index (χ0) is 16.1. The summed E-state index contributed by atoms with van der Waals surface area (Å²) in [7, 11) is 2.00. The van der Waals surface area contributed by atoms with Crippen LogP contribution in [0.3, 0.4) is 0 Å². The first-order valence-corrected chi connectivity index (χ1v) is 8.79. The molecule has 1 aliphatic heterocycles. The summed E-state index contributed by atoms with van der Waals surface area (Å²) in [4.78, 5) is 11.1. The SMILES string of the molecule is CN(C[C@@H]1CCCC[C@@H]1O)c1nccc(N[C@H]2CCCOC2)n1. The number of nitrogens with zero attached hydrogens (tertiary/aromatic N) is 3. The fourth-order valence-electron chi connectivity index (χ4n) is 3.51. The van der Waals surface area contributed by atoms with E-state index in [-0.39, 0.29) is 6.10 Å². The highest BCUT2D eigenvalue weighted by atomic mass is 16.5. The largest absolute Gasteiger partial charge is 0.393 e. The number of aliphatic hydroxyl groups is 1. The Balaban J connectivity index is 1.59. The van der Waals surface area contributed by atoms with Crippen LogP contribution in [0.1, 0.15) is 38.5 Å². The maximum Gasteiger partial charge on any atom is 0.226 e. The molecule has 0 aromatic carbocycles. The summed E-state index contributed by atoms with van der Waals surface area (Å²) >= 11 is 0.